The number of hydrogen-bond acceptors (Lipinski definition) is 1. The average molecular weight is 292 g/mol. The van der Waals surface area contributed by atoms with Gasteiger partial charge in [0.1, 0.15) is 0 Å². The summed E-state index contributed by atoms with van der Waals surface area (Å²) < 4.78 is 0. The van der Waals surface area contributed by atoms with E-state index in [-0.39, 0.29) is 0 Å². The monoisotopic (exact) mass is 291 g/mol. The van der Waals surface area contributed by atoms with Crippen LogP contribution in [0.4, 0.5) is 0 Å². The van der Waals surface area contributed by atoms with Crippen molar-refractivity contribution in [2.45, 2.75) is 31.5 Å². The number of pyridine rings is 1. The van der Waals surface area contributed by atoms with Gasteiger partial charge in [0.05, 0.1) is 5.52 Å². The molecule has 0 aliphatic heterocycles. The van der Waals surface area contributed by atoms with E-state index in [2.05, 4.69) is 59.0 Å². The molecule has 2 aromatic rings. The molecule has 2 heteroatoms. The Labute approximate surface area is 111 Å². The second kappa shape index (κ2) is 5.63. The Morgan fingerprint density at radius 3 is 2.71 bits per heavy atom. The van der Waals surface area contributed by atoms with Crippen LogP contribution in [0.3, 0.4) is 0 Å². The molecule has 0 N–H and O–H groups in total. The first-order valence-electron chi connectivity index (χ1n) is 6.15. The fourth-order valence-corrected chi connectivity index (χ4v) is 2.22. The third kappa shape index (κ3) is 3.06. The van der Waals surface area contributed by atoms with Crippen LogP contribution in [0.15, 0.2) is 36.5 Å². The summed E-state index contributed by atoms with van der Waals surface area (Å²) in [6.45, 7) is 4.50. The Hall–Kier alpha value is -0.890. The SMILES string of the molecule is CC(C)C(Br)CCc1cccc2cccnc12. The smallest absolute Gasteiger partial charge is 0.0733 e. The number of aryl methyl sites for hydroxylation is 1. The maximum atomic E-state index is 4.49. The van der Waals surface area contributed by atoms with Gasteiger partial charge in [-0.3, -0.25) is 4.98 Å². The predicted octanol–water partition coefficient (Wildman–Crippen LogP) is 4.59. The Morgan fingerprint density at radius 1 is 1.18 bits per heavy atom. The zero-order valence-corrected chi connectivity index (χ0v) is 11.9. The first kappa shape index (κ1) is 12.6. The maximum Gasteiger partial charge on any atom is 0.0733 e. The van der Waals surface area contributed by atoms with Crippen molar-refractivity contribution < 1.29 is 0 Å². The van der Waals surface area contributed by atoms with Gasteiger partial charge in [-0.1, -0.05) is 54.0 Å². The van der Waals surface area contributed by atoms with Crippen molar-refractivity contribution in [3.05, 3.63) is 42.1 Å². The van der Waals surface area contributed by atoms with Crippen molar-refractivity contribution in [1.82, 2.24) is 4.98 Å². The number of rotatable bonds is 4. The minimum atomic E-state index is 0.585. The van der Waals surface area contributed by atoms with Gasteiger partial charge in [0.2, 0.25) is 0 Å². The third-order valence-corrected chi connectivity index (χ3v) is 4.64. The molecule has 1 nitrogen and oxygen atoms in total. The van der Waals surface area contributed by atoms with E-state index < -0.39 is 0 Å². The highest BCUT2D eigenvalue weighted by Crippen LogP contribution is 2.22. The van der Waals surface area contributed by atoms with E-state index in [1.165, 1.54) is 10.9 Å². The largest absolute Gasteiger partial charge is 0.256 e. The molecular weight excluding hydrogens is 274 g/mol. The summed E-state index contributed by atoms with van der Waals surface area (Å²) in [5.41, 5.74) is 2.51. The number of nitrogens with zero attached hydrogens (tertiary/aromatic N) is 1. The summed E-state index contributed by atoms with van der Waals surface area (Å²) in [4.78, 5) is 5.07. The highest BCUT2D eigenvalue weighted by Gasteiger charge is 2.10. The van der Waals surface area contributed by atoms with E-state index in [0.29, 0.717) is 10.7 Å². The highest BCUT2D eigenvalue weighted by molar-refractivity contribution is 9.09. The molecule has 0 bridgehead atoms. The second-order valence-corrected chi connectivity index (χ2v) is 5.97. The molecule has 0 saturated carbocycles. The zero-order valence-electron chi connectivity index (χ0n) is 10.4. The standard InChI is InChI=1S/C15H18BrN/c1-11(2)14(16)9-8-13-6-3-5-12-7-4-10-17-15(12)13/h3-7,10-11,14H,8-9H2,1-2H3. The third-order valence-electron chi connectivity index (χ3n) is 3.13. The fraction of sp³-hybridized carbons (Fsp3) is 0.400. The van der Waals surface area contributed by atoms with E-state index in [1.54, 1.807) is 0 Å². The molecule has 0 saturated heterocycles. The Kier molecular flexibility index (Phi) is 4.16. The number of fused-ring (bicyclic) bond motifs is 1. The molecule has 0 aliphatic carbocycles. The summed E-state index contributed by atoms with van der Waals surface area (Å²) in [7, 11) is 0. The molecule has 0 spiro atoms. The number of aromatic nitrogens is 1. The molecule has 1 atom stereocenters. The van der Waals surface area contributed by atoms with Crippen LogP contribution in [0, 0.1) is 5.92 Å². The normalized spacial score (nSPS) is 13.2. The van der Waals surface area contributed by atoms with E-state index in [9.17, 15) is 0 Å². The van der Waals surface area contributed by atoms with Crippen molar-refractivity contribution >= 4 is 26.8 Å². The fourth-order valence-electron chi connectivity index (χ4n) is 2.00. The molecule has 0 fully saturated rings. The van der Waals surface area contributed by atoms with Gasteiger partial charge in [-0.2, -0.15) is 0 Å². The van der Waals surface area contributed by atoms with E-state index >= 15 is 0 Å². The summed E-state index contributed by atoms with van der Waals surface area (Å²) in [6.07, 6.45) is 4.12. The molecule has 1 unspecified atom stereocenters. The lowest BCUT2D eigenvalue weighted by molar-refractivity contribution is 0.582. The molecule has 0 amide bonds. The molecule has 2 rings (SSSR count). The molecule has 1 heterocycles. The number of benzene rings is 1. The van der Waals surface area contributed by atoms with E-state index in [0.717, 1.165) is 18.4 Å². The van der Waals surface area contributed by atoms with Gasteiger partial charge in [0, 0.05) is 16.4 Å². The minimum absolute atomic E-state index is 0.585. The van der Waals surface area contributed by atoms with Gasteiger partial charge in [-0.15, -0.1) is 0 Å². The van der Waals surface area contributed by atoms with Crippen LogP contribution in [-0.4, -0.2) is 9.81 Å². The van der Waals surface area contributed by atoms with Gasteiger partial charge >= 0.3 is 0 Å². The van der Waals surface area contributed by atoms with Crippen LogP contribution in [0.25, 0.3) is 10.9 Å². The second-order valence-electron chi connectivity index (χ2n) is 4.79. The van der Waals surface area contributed by atoms with Crippen molar-refractivity contribution in [1.29, 1.82) is 0 Å². The van der Waals surface area contributed by atoms with Crippen LogP contribution in [0.1, 0.15) is 25.8 Å². The molecule has 0 aliphatic rings. The summed E-state index contributed by atoms with van der Waals surface area (Å²) in [5.74, 6) is 0.679. The lowest BCUT2D eigenvalue weighted by atomic mass is 10.0. The Morgan fingerprint density at radius 2 is 1.94 bits per heavy atom. The Balaban J connectivity index is 2.19. The predicted molar refractivity (Wildman–Crippen MR) is 77.6 cm³/mol. The van der Waals surface area contributed by atoms with E-state index in [1.807, 2.05) is 12.3 Å². The van der Waals surface area contributed by atoms with Gasteiger partial charge < -0.3 is 0 Å². The number of para-hydroxylation sites is 1. The number of hydrogen-bond donors (Lipinski definition) is 0. The van der Waals surface area contributed by atoms with Crippen molar-refractivity contribution in [2.24, 2.45) is 5.92 Å². The summed E-state index contributed by atoms with van der Waals surface area (Å²) >= 11 is 3.74. The van der Waals surface area contributed by atoms with Crippen LogP contribution in [-0.2, 0) is 6.42 Å². The molecule has 17 heavy (non-hydrogen) atoms. The zero-order chi connectivity index (χ0) is 12.3. The van der Waals surface area contributed by atoms with Gasteiger partial charge in [-0.05, 0) is 30.4 Å². The summed E-state index contributed by atoms with van der Waals surface area (Å²) in [5, 5.41) is 1.24. The maximum absolute atomic E-state index is 4.49. The molecule has 0 radical (unpaired) electrons. The van der Waals surface area contributed by atoms with Gasteiger partial charge in [-0.25, -0.2) is 0 Å². The first-order chi connectivity index (χ1) is 8.18. The van der Waals surface area contributed by atoms with Gasteiger partial charge in [0.25, 0.3) is 0 Å². The minimum Gasteiger partial charge on any atom is -0.256 e. The summed E-state index contributed by atoms with van der Waals surface area (Å²) in [6, 6.07) is 10.6. The van der Waals surface area contributed by atoms with Crippen LogP contribution in [0.2, 0.25) is 0 Å². The van der Waals surface area contributed by atoms with Crippen LogP contribution in [0.5, 0.6) is 0 Å². The first-order valence-corrected chi connectivity index (χ1v) is 7.06. The molecule has 1 aromatic heterocycles. The topological polar surface area (TPSA) is 12.9 Å². The van der Waals surface area contributed by atoms with Crippen molar-refractivity contribution in [2.75, 3.05) is 0 Å². The average Bonchev–Trinajstić information content (AvgIpc) is 2.35. The number of halogens is 1. The molecule has 90 valence electrons. The molecular formula is C15H18BrN. The van der Waals surface area contributed by atoms with E-state index in [4.69, 9.17) is 0 Å². The van der Waals surface area contributed by atoms with Crippen molar-refractivity contribution in [3.8, 4) is 0 Å². The quantitative estimate of drug-likeness (QED) is 0.751. The number of alkyl halides is 1. The Bertz CT molecular complexity index is 488. The lowest BCUT2D eigenvalue weighted by Crippen LogP contribution is -2.08. The van der Waals surface area contributed by atoms with Crippen LogP contribution < -0.4 is 0 Å². The lowest BCUT2D eigenvalue weighted by Gasteiger charge is -2.13. The molecule has 1 aromatic carbocycles. The van der Waals surface area contributed by atoms with Crippen molar-refractivity contribution in [3.63, 3.8) is 0 Å². The van der Waals surface area contributed by atoms with Gasteiger partial charge in [0.15, 0.2) is 0 Å². The highest BCUT2D eigenvalue weighted by atomic mass is 79.9. The van der Waals surface area contributed by atoms with Crippen LogP contribution >= 0.6 is 15.9 Å².